The number of hydrogen-bond donors (Lipinski definition) is 0. The minimum atomic E-state index is -0.557. The summed E-state index contributed by atoms with van der Waals surface area (Å²) >= 11 is 0. The highest BCUT2D eigenvalue weighted by molar-refractivity contribution is 5.97. The van der Waals surface area contributed by atoms with Gasteiger partial charge in [0.25, 0.3) is 0 Å². The van der Waals surface area contributed by atoms with Crippen LogP contribution in [-0.2, 0) is 9.53 Å². The van der Waals surface area contributed by atoms with Gasteiger partial charge in [0.1, 0.15) is 5.60 Å². The standard InChI is InChI=1S/C15H27NO3/c1-6-8-15(9-7-2)10-11-16(12(15)17)13(18)19-14(3,4)5/h6-11H2,1-5H3. The molecule has 0 aliphatic carbocycles. The first-order valence-electron chi connectivity index (χ1n) is 7.30. The minimum absolute atomic E-state index is 0.0366. The summed E-state index contributed by atoms with van der Waals surface area (Å²) in [5, 5.41) is 0. The lowest BCUT2D eigenvalue weighted by Gasteiger charge is -2.28. The van der Waals surface area contributed by atoms with Gasteiger partial charge < -0.3 is 4.74 Å². The molecule has 19 heavy (non-hydrogen) atoms. The number of ether oxygens (including phenoxy) is 1. The van der Waals surface area contributed by atoms with Crippen LogP contribution in [0.25, 0.3) is 0 Å². The third-order valence-electron chi connectivity index (χ3n) is 3.58. The van der Waals surface area contributed by atoms with Gasteiger partial charge in [-0.25, -0.2) is 9.69 Å². The van der Waals surface area contributed by atoms with E-state index < -0.39 is 11.7 Å². The zero-order valence-electron chi connectivity index (χ0n) is 12.9. The van der Waals surface area contributed by atoms with Crippen LogP contribution < -0.4 is 0 Å². The van der Waals surface area contributed by atoms with Gasteiger partial charge in [-0.2, -0.15) is 0 Å². The van der Waals surface area contributed by atoms with Gasteiger partial charge in [-0.1, -0.05) is 26.7 Å². The molecule has 0 unspecified atom stereocenters. The Hall–Kier alpha value is -1.06. The molecule has 0 atom stereocenters. The number of carbonyl (C=O) groups is 2. The van der Waals surface area contributed by atoms with Crippen molar-refractivity contribution >= 4 is 12.0 Å². The Balaban J connectivity index is 2.80. The van der Waals surface area contributed by atoms with Crippen LogP contribution in [0.1, 0.15) is 66.7 Å². The molecule has 110 valence electrons. The lowest BCUT2D eigenvalue weighted by Crippen LogP contribution is -2.41. The van der Waals surface area contributed by atoms with E-state index in [0.29, 0.717) is 6.54 Å². The molecule has 0 N–H and O–H groups in total. The van der Waals surface area contributed by atoms with Crippen molar-refractivity contribution in [3.8, 4) is 0 Å². The summed E-state index contributed by atoms with van der Waals surface area (Å²) in [5.41, 5.74) is -0.890. The Labute approximate surface area is 116 Å². The van der Waals surface area contributed by atoms with Crippen molar-refractivity contribution in [1.82, 2.24) is 4.90 Å². The first-order valence-corrected chi connectivity index (χ1v) is 7.30. The molecule has 4 nitrogen and oxygen atoms in total. The largest absolute Gasteiger partial charge is 0.443 e. The van der Waals surface area contributed by atoms with Crippen LogP contribution in [0.5, 0.6) is 0 Å². The molecule has 0 spiro atoms. The van der Waals surface area contributed by atoms with Crippen molar-refractivity contribution in [2.75, 3.05) is 6.54 Å². The fourth-order valence-corrected chi connectivity index (χ4v) is 2.86. The maximum Gasteiger partial charge on any atom is 0.417 e. The second kappa shape index (κ2) is 5.93. The topological polar surface area (TPSA) is 46.6 Å². The highest BCUT2D eigenvalue weighted by Crippen LogP contribution is 2.41. The van der Waals surface area contributed by atoms with Gasteiger partial charge in [0, 0.05) is 6.54 Å². The number of hydrogen-bond acceptors (Lipinski definition) is 3. The third-order valence-corrected chi connectivity index (χ3v) is 3.58. The Bertz CT molecular complexity index is 338. The van der Waals surface area contributed by atoms with Crippen LogP contribution in [0.4, 0.5) is 4.79 Å². The van der Waals surface area contributed by atoms with E-state index in [1.807, 2.05) is 20.8 Å². The highest BCUT2D eigenvalue weighted by atomic mass is 16.6. The first-order chi connectivity index (χ1) is 8.75. The summed E-state index contributed by atoms with van der Waals surface area (Å²) in [5.74, 6) is -0.0366. The van der Waals surface area contributed by atoms with Gasteiger partial charge in [-0.15, -0.1) is 0 Å². The Kier molecular flexibility index (Phi) is 4.99. The van der Waals surface area contributed by atoms with Gasteiger partial charge in [-0.05, 0) is 40.0 Å². The molecule has 4 heteroatoms. The van der Waals surface area contributed by atoms with Gasteiger partial charge in [0.2, 0.25) is 5.91 Å². The maximum atomic E-state index is 12.6. The molecule has 0 aromatic rings. The third kappa shape index (κ3) is 3.71. The maximum absolute atomic E-state index is 12.6. The lowest BCUT2D eigenvalue weighted by atomic mass is 9.78. The molecule has 2 amide bonds. The molecule has 1 fully saturated rings. The molecule has 0 aromatic heterocycles. The van der Waals surface area contributed by atoms with Gasteiger partial charge in [-0.3, -0.25) is 4.79 Å². The number of rotatable bonds is 4. The summed E-state index contributed by atoms with van der Waals surface area (Å²) in [6.45, 7) is 10.1. The van der Waals surface area contributed by atoms with Gasteiger partial charge in [0.05, 0.1) is 5.41 Å². The normalized spacial score (nSPS) is 18.8. The summed E-state index contributed by atoms with van der Waals surface area (Å²) in [7, 11) is 0. The minimum Gasteiger partial charge on any atom is -0.443 e. The molecular formula is C15H27NO3. The van der Waals surface area contributed by atoms with Crippen molar-refractivity contribution < 1.29 is 14.3 Å². The van der Waals surface area contributed by atoms with E-state index in [4.69, 9.17) is 4.74 Å². The van der Waals surface area contributed by atoms with E-state index in [2.05, 4.69) is 13.8 Å². The second-order valence-electron chi connectivity index (χ2n) is 6.47. The zero-order valence-corrected chi connectivity index (χ0v) is 12.9. The van der Waals surface area contributed by atoms with E-state index in [1.165, 1.54) is 4.90 Å². The van der Waals surface area contributed by atoms with E-state index in [1.54, 1.807) is 0 Å². The van der Waals surface area contributed by atoms with Crippen LogP contribution in [0.3, 0.4) is 0 Å². The summed E-state index contributed by atoms with van der Waals surface area (Å²) in [6.07, 6.45) is 3.93. The molecule has 0 aromatic carbocycles. The highest BCUT2D eigenvalue weighted by Gasteiger charge is 2.48. The van der Waals surface area contributed by atoms with Crippen molar-refractivity contribution in [2.24, 2.45) is 5.41 Å². The summed E-state index contributed by atoms with van der Waals surface area (Å²) in [6, 6.07) is 0. The average Bonchev–Trinajstić information content (AvgIpc) is 2.56. The van der Waals surface area contributed by atoms with E-state index in [-0.39, 0.29) is 11.3 Å². The molecule has 0 radical (unpaired) electrons. The van der Waals surface area contributed by atoms with Crippen LogP contribution in [0.2, 0.25) is 0 Å². The number of carbonyl (C=O) groups excluding carboxylic acids is 2. The molecular weight excluding hydrogens is 242 g/mol. The Morgan fingerprint density at radius 1 is 1.26 bits per heavy atom. The monoisotopic (exact) mass is 269 g/mol. The molecule has 1 aliphatic rings. The Morgan fingerprint density at radius 2 is 1.79 bits per heavy atom. The fraction of sp³-hybridized carbons (Fsp3) is 0.867. The van der Waals surface area contributed by atoms with E-state index >= 15 is 0 Å². The average molecular weight is 269 g/mol. The second-order valence-corrected chi connectivity index (χ2v) is 6.47. The predicted molar refractivity (Wildman–Crippen MR) is 74.8 cm³/mol. The Morgan fingerprint density at radius 3 is 2.21 bits per heavy atom. The molecule has 1 rings (SSSR count). The first kappa shape index (κ1) is 16.0. The van der Waals surface area contributed by atoms with Crippen molar-refractivity contribution in [3.05, 3.63) is 0 Å². The molecule has 0 saturated carbocycles. The number of likely N-dealkylation sites (tertiary alicyclic amines) is 1. The van der Waals surface area contributed by atoms with Crippen LogP contribution in [0.15, 0.2) is 0 Å². The van der Waals surface area contributed by atoms with Crippen molar-refractivity contribution in [2.45, 2.75) is 72.3 Å². The molecule has 1 aliphatic heterocycles. The number of amides is 2. The smallest absolute Gasteiger partial charge is 0.417 e. The SMILES string of the molecule is CCCC1(CCC)CCN(C(=O)OC(C)(C)C)C1=O. The number of nitrogens with zero attached hydrogens (tertiary/aromatic N) is 1. The van der Waals surface area contributed by atoms with Gasteiger partial charge >= 0.3 is 6.09 Å². The predicted octanol–water partition coefficient (Wildman–Crippen LogP) is 3.74. The van der Waals surface area contributed by atoms with Crippen LogP contribution in [0, 0.1) is 5.41 Å². The molecule has 1 saturated heterocycles. The lowest BCUT2D eigenvalue weighted by molar-refractivity contribution is -0.136. The number of imide groups is 1. The zero-order chi connectivity index (χ0) is 14.7. The quantitative estimate of drug-likeness (QED) is 0.781. The van der Waals surface area contributed by atoms with Crippen LogP contribution in [-0.4, -0.2) is 29.0 Å². The van der Waals surface area contributed by atoms with Crippen LogP contribution >= 0.6 is 0 Å². The summed E-state index contributed by atoms with van der Waals surface area (Å²) < 4.78 is 5.31. The molecule has 0 bridgehead atoms. The molecule has 1 heterocycles. The van der Waals surface area contributed by atoms with Gasteiger partial charge in [0.15, 0.2) is 0 Å². The van der Waals surface area contributed by atoms with E-state index in [9.17, 15) is 9.59 Å². The van der Waals surface area contributed by atoms with Crippen molar-refractivity contribution in [1.29, 1.82) is 0 Å². The van der Waals surface area contributed by atoms with Crippen molar-refractivity contribution in [3.63, 3.8) is 0 Å². The van der Waals surface area contributed by atoms with E-state index in [0.717, 1.165) is 32.1 Å². The summed E-state index contributed by atoms with van der Waals surface area (Å²) in [4.78, 5) is 25.9. The fourth-order valence-electron chi connectivity index (χ4n) is 2.86.